The van der Waals surface area contributed by atoms with E-state index in [1.54, 1.807) is 0 Å². The fourth-order valence-electron chi connectivity index (χ4n) is 8.99. The van der Waals surface area contributed by atoms with E-state index >= 15 is 0 Å². The van der Waals surface area contributed by atoms with Crippen LogP contribution in [0.3, 0.4) is 0 Å². The highest BCUT2D eigenvalue weighted by Gasteiger charge is 2.64. The Morgan fingerprint density at radius 1 is 0.906 bits per heavy atom. The number of rotatable bonds is 5. The Kier molecular flexibility index (Phi) is 6.54. The Bertz CT molecular complexity index is 678. The van der Waals surface area contributed by atoms with Gasteiger partial charge in [-0.2, -0.15) is 13.2 Å². The smallest absolute Gasteiger partial charge is 0.393 e. The first-order valence-electron chi connectivity index (χ1n) is 13.3. The molecule has 0 heterocycles. The molecule has 0 spiro atoms. The second kappa shape index (κ2) is 8.43. The molecule has 0 bridgehead atoms. The fourth-order valence-corrected chi connectivity index (χ4v) is 8.99. The molecule has 2 nitrogen and oxygen atoms in total. The number of alkyl halides is 3. The summed E-state index contributed by atoms with van der Waals surface area (Å²) >= 11 is 0. The van der Waals surface area contributed by atoms with E-state index in [-0.39, 0.29) is 30.3 Å². The van der Waals surface area contributed by atoms with E-state index in [9.17, 15) is 23.4 Å². The minimum Gasteiger partial charge on any atom is -0.393 e. The van der Waals surface area contributed by atoms with Crippen molar-refractivity contribution in [3.63, 3.8) is 0 Å². The first kappa shape index (κ1) is 24.8. The third kappa shape index (κ3) is 3.95. The van der Waals surface area contributed by atoms with Crippen molar-refractivity contribution in [3.05, 3.63) is 0 Å². The molecule has 4 aliphatic rings. The van der Waals surface area contributed by atoms with Crippen LogP contribution in [0.25, 0.3) is 0 Å². The van der Waals surface area contributed by atoms with E-state index in [1.165, 1.54) is 25.7 Å². The van der Waals surface area contributed by atoms with Crippen LogP contribution >= 0.6 is 0 Å². The number of aliphatic hydroxyl groups excluding tert-OH is 1. The van der Waals surface area contributed by atoms with E-state index in [1.807, 2.05) is 0 Å². The van der Waals surface area contributed by atoms with Crippen molar-refractivity contribution in [2.75, 3.05) is 0 Å². The second-order valence-corrected chi connectivity index (χ2v) is 13.0. The van der Waals surface area contributed by atoms with Gasteiger partial charge in [0.1, 0.15) is 0 Å². The van der Waals surface area contributed by atoms with Crippen molar-refractivity contribution in [1.29, 1.82) is 0 Å². The molecule has 9 atom stereocenters. The first-order chi connectivity index (χ1) is 14.8. The molecule has 0 amide bonds. The molecule has 0 aliphatic heterocycles. The van der Waals surface area contributed by atoms with Crippen molar-refractivity contribution in [2.24, 2.45) is 46.3 Å². The molecule has 4 saturated carbocycles. The summed E-state index contributed by atoms with van der Waals surface area (Å²) in [4.78, 5) is 0. The van der Waals surface area contributed by atoms with Gasteiger partial charge in [0.15, 0.2) is 5.60 Å². The van der Waals surface area contributed by atoms with Crippen LogP contribution in [0.2, 0.25) is 0 Å². The van der Waals surface area contributed by atoms with E-state index in [0.29, 0.717) is 35.5 Å². The highest BCUT2D eigenvalue weighted by molar-refractivity contribution is 5.11. The van der Waals surface area contributed by atoms with Gasteiger partial charge in [0.05, 0.1) is 6.10 Å². The maximum absolute atomic E-state index is 13.5. The average Bonchev–Trinajstić information content (AvgIpc) is 3.04. The van der Waals surface area contributed by atoms with E-state index in [2.05, 4.69) is 27.7 Å². The Labute approximate surface area is 192 Å². The van der Waals surface area contributed by atoms with Crippen molar-refractivity contribution in [2.45, 2.75) is 123 Å². The summed E-state index contributed by atoms with van der Waals surface area (Å²) < 4.78 is 40.6. The molecule has 0 aromatic carbocycles. The van der Waals surface area contributed by atoms with Crippen LogP contribution in [-0.4, -0.2) is 28.1 Å². The number of hydrogen-bond donors (Lipinski definition) is 2. The van der Waals surface area contributed by atoms with Crippen LogP contribution in [0.4, 0.5) is 13.2 Å². The predicted octanol–water partition coefficient (Wildman–Crippen LogP) is 7.13. The third-order valence-electron chi connectivity index (χ3n) is 11.3. The minimum absolute atomic E-state index is 0.0109. The highest BCUT2D eigenvalue weighted by Crippen LogP contribution is 2.69. The summed E-state index contributed by atoms with van der Waals surface area (Å²) in [7, 11) is 0. The van der Waals surface area contributed by atoms with Gasteiger partial charge in [0.25, 0.3) is 0 Å². The van der Waals surface area contributed by atoms with E-state index in [4.69, 9.17) is 0 Å². The largest absolute Gasteiger partial charge is 0.417 e. The van der Waals surface area contributed by atoms with Crippen LogP contribution in [0.1, 0.15) is 105 Å². The zero-order valence-electron chi connectivity index (χ0n) is 20.6. The van der Waals surface area contributed by atoms with Crippen molar-refractivity contribution < 1.29 is 23.4 Å². The van der Waals surface area contributed by atoms with Gasteiger partial charge in [-0.15, -0.1) is 0 Å². The second-order valence-electron chi connectivity index (χ2n) is 13.0. The van der Waals surface area contributed by atoms with Crippen molar-refractivity contribution >= 4 is 0 Å². The van der Waals surface area contributed by atoms with Crippen LogP contribution in [-0.2, 0) is 0 Å². The molecule has 4 fully saturated rings. The molecular formula is C27H45F3O2. The normalized spacial score (nSPS) is 47.6. The Morgan fingerprint density at radius 3 is 2.25 bits per heavy atom. The van der Waals surface area contributed by atoms with Gasteiger partial charge >= 0.3 is 6.18 Å². The lowest BCUT2D eigenvalue weighted by Gasteiger charge is -2.62. The van der Waals surface area contributed by atoms with E-state index < -0.39 is 11.8 Å². The van der Waals surface area contributed by atoms with Gasteiger partial charge in [-0.25, -0.2) is 0 Å². The summed E-state index contributed by atoms with van der Waals surface area (Å²) in [6, 6.07) is 0. The summed E-state index contributed by atoms with van der Waals surface area (Å²) in [5, 5.41) is 20.6. The maximum Gasteiger partial charge on any atom is 0.417 e. The van der Waals surface area contributed by atoms with Crippen LogP contribution in [0.5, 0.6) is 0 Å². The predicted molar refractivity (Wildman–Crippen MR) is 121 cm³/mol. The molecule has 186 valence electrons. The Hall–Kier alpha value is -0.290. The third-order valence-corrected chi connectivity index (χ3v) is 11.3. The van der Waals surface area contributed by atoms with Gasteiger partial charge in [-0.1, -0.05) is 34.1 Å². The molecular weight excluding hydrogens is 413 g/mol. The fraction of sp³-hybridized carbons (Fsp3) is 1.00. The Balaban J connectivity index is 1.44. The molecule has 0 aromatic heterocycles. The van der Waals surface area contributed by atoms with Gasteiger partial charge in [-0.05, 0) is 117 Å². The van der Waals surface area contributed by atoms with Gasteiger partial charge in [0, 0.05) is 0 Å². The number of halogens is 3. The first-order valence-corrected chi connectivity index (χ1v) is 13.3. The van der Waals surface area contributed by atoms with E-state index in [0.717, 1.165) is 38.0 Å². The lowest BCUT2D eigenvalue weighted by atomic mass is 9.43. The summed E-state index contributed by atoms with van der Waals surface area (Å²) in [5.41, 5.74) is -2.18. The zero-order chi connectivity index (χ0) is 23.5. The van der Waals surface area contributed by atoms with Gasteiger partial charge in [0.2, 0.25) is 0 Å². The molecule has 0 saturated heterocycles. The minimum atomic E-state index is -4.52. The highest BCUT2D eigenvalue weighted by atomic mass is 19.4. The lowest BCUT2D eigenvalue weighted by molar-refractivity contribution is -0.290. The molecule has 0 aromatic rings. The molecule has 2 N–H and O–H groups in total. The quantitative estimate of drug-likeness (QED) is 0.460. The maximum atomic E-state index is 13.5. The molecule has 32 heavy (non-hydrogen) atoms. The van der Waals surface area contributed by atoms with Crippen LogP contribution in [0, 0.1) is 46.3 Å². The average molecular weight is 459 g/mol. The van der Waals surface area contributed by atoms with Gasteiger partial charge < -0.3 is 10.2 Å². The molecule has 4 aliphatic carbocycles. The number of fused-ring (bicyclic) bond motifs is 5. The molecule has 1 unspecified atom stereocenters. The summed E-state index contributed by atoms with van der Waals surface area (Å²) in [5.74, 6) is 2.88. The molecule has 0 radical (unpaired) electrons. The monoisotopic (exact) mass is 458 g/mol. The standard InChI is InChI=1S/C27H45F3O2/c1-17(2)23(31)7-5-6-18-9-11-21-20-10-8-19-16-26(32,27(28,29)30)15-14-25(19,4)22(20)12-13-24(18,21)3/h17-23,31-32H,5-16H2,1-4H3/t18-,19+,20+,21+,22+,23?,24-,25+,26+/m1/s1. The topological polar surface area (TPSA) is 40.5 Å². The Morgan fingerprint density at radius 2 is 1.59 bits per heavy atom. The SMILES string of the molecule is CC(C)C(O)CCC[C@@H]1CC[C@H]2[C@@H]3CC[C@H]4C[C@](O)(C(F)(F)F)CC[C@]4(C)[C@H]3CC[C@]12C. The molecule has 5 heteroatoms. The summed E-state index contributed by atoms with van der Waals surface area (Å²) in [6.45, 7) is 8.92. The number of aliphatic hydroxyl groups is 2. The van der Waals surface area contributed by atoms with Crippen molar-refractivity contribution in [1.82, 2.24) is 0 Å². The van der Waals surface area contributed by atoms with Crippen molar-refractivity contribution in [3.8, 4) is 0 Å². The molecule has 4 rings (SSSR count). The number of hydrogen-bond acceptors (Lipinski definition) is 2. The lowest BCUT2D eigenvalue weighted by Crippen LogP contribution is -2.59. The van der Waals surface area contributed by atoms with Gasteiger partial charge in [-0.3, -0.25) is 0 Å². The van der Waals surface area contributed by atoms with Crippen LogP contribution < -0.4 is 0 Å². The summed E-state index contributed by atoms with van der Waals surface area (Å²) in [6.07, 6.45) is 5.51. The zero-order valence-corrected chi connectivity index (χ0v) is 20.6. The van der Waals surface area contributed by atoms with Crippen LogP contribution in [0.15, 0.2) is 0 Å².